The lowest BCUT2D eigenvalue weighted by Gasteiger charge is -2.12. The Bertz CT molecular complexity index is 501. The van der Waals surface area contributed by atoms with Crippen molar-refractivity contribution in [2.24, 2.45) is 0 Å². The molecule has 0 aliphatic heterocycles. The van der Waals surface area contributed by atoms with E-state index in [1.807, 2.05) is 0 Å². The fraction of sp³-hybridized carbons (Fsp3) is 0.250. The topological polar surface area (TPSA) is 17.8 Å². The van der Waals surface area contributed by atoms with E-state index in [0.717, 1.165) is 0 Å². The van der Waals surface area contributed by atoms with E-state index in [4.69, 9.17) is 0 Å². The lowest BCUT2D eigenvalue weighted by molar-refractivity contribution is -0.138. The van der Waals surface area contributed by atoms with Crippen LogP contribution < -0.4 is 0 Å². The second kappa shape index (κ2) is 4.24. The molecule has 17 heavy (non-hydrogen) atoms. The molecule has 2 aromatic rings. The van der Waals surface area contributed by atoms with E-state index in [2.05, 4.69) is 5.10 Å². The lowest BCUT2D eigenvalue weighted by Crippen LogP contribution is -2.09. The SMILES string of the molecule is Cc1ccc(Cn2cccn2)cc1C(F)(F)F. The molecule has 1 heterocycles. The summed E-state index contributed by atoms with van der Waals surface area (Å²) in [5, 5.41) is 3.96. The van der Waals surface area contributed by atoms with Crippen LogP contribution in [0.15, 0.2) is 36.7 Å². The molecule has 0 fully saturated rings. The van der Waals surface area contributed by atoms with E-state index in [-0.39, 0.29) is 5.56 Å². The highest BCUT2D eigenvalue weighted by atomic mass is 19.4. The maximum Gasteiger partial charge on any atom is 0.416 e. The van der Waals surface area contributed by atoms with Crippen molar-refractivity contribution in [2.75, 3.05) is 0 Å². The molecular formula is C12H11F3N2. The molecule has 0 bridgehead atoms. The number of nitrogens with zero attached hydrogens (tertiary/aromatic N) is 2. The minimum Gasteiger partial charge on any atom is -0.268 e. The molecular weight excluding hydrogens is 229 g/mol. The smallest absolute Gasteiger partial charge is 0.268 e. The third-order valence-electron chi connectivity index (χ3n) is 2.51. The van der Waals surface area contributed by atoms with Gasteiger partial charge in [0.05, 0.1) is 12.1 Å². The molecule has 0 unspecified atom stereocenters. The van der Waals surface area contributed by atoms with E-state index in [9.17, 15) is 13.2 Å². The average molecular weight is 240 g/mol. The summed E-state index contributed by atoms with van der Waals surface area (Å²) in [6.07, 6.45) is -0.990. The molecule has 0 aliphatic rings. The van der Waals surface area contributed by atoms with Crippen LogP contribution in [0.3, 0.4) is 0 Å². The normalized spacial score (nSPS) is 11.8. The lowest BCUT2D eigenvalue weighted by atomic mass is 10.0. The summed E-state index contributed by atoms with van der Waals surface area (Å²) in [6.45, 7) is 1.80. The second-order valence-corrected chi connectivity index (χ2v) is 3.85. The number of alkyl halides is 3. The molecule has 0 atom stereocenters. The summed E-state index contributed by atoms with van der Waals surface area (Å²) in [5.41, 5.74) is 0.246. The van der Waals surface area contributed by atoms with Crippen LogP contribution in [0.4, 0.5) is 13.2 Å². The molecule has 0 saturated carbocycles. The molecule has 90 valence electrons. The zero-order chi connectivity index (χ0) is 12.5. The molecule has 0 saturated heterocycles. The Morgan fingerprint density at radius 3 is 2.65 bits per heavy atom. The first-order valence-electron chi connectivity index (χ1n) is 5.11. The molecule has 1 aromatic carbocycles. The van der Waals surface area contributed by atoms with E-state index in [1.165, 1.54) is 19.1 Å². The Hall–Kier alpha value is -1.78. The van der Waals surface area contributed by atoms with Crippen LogP contribution in [-0.2, 0) is 12.7 Å². The second-order valence-electron chi connectivity index (χ2n) is 3.85. The van der Waals surface area contributed by atoms with Crippen LogP contribution in [0.5, 0.6) is 0 Å². The molecule has 0 spiro atoms. The Balaban J connectivity index is 2.31. The maximum absolute atomic E-state index is 12.7. The third kappa shape index (κ3) is 2.67. The Morgan fingerprint density at radius 2 is 2.06 bits per heavy atom. The predicted molar refractivity (Wildman–Crippen MR) is 57.5 cm³/mol. The zero-order valence-electron chi connectivity index (χ0n) is 9.20. The Morgan fingerprint density at radius 1 is 1.29 bits per heavy atom. The number of aromatic nitrogens is 2. The van der Waals surface area contributed by atoms with Crippen molar-refractivity contribution >= 4 is 0 Å². The summed E-state index contributed by atoms with van der Waals surface area (Å²) < 4.78 is 39.6. The van der Waals surface area contributed by atoms with Gasteiger partial charge < -0.3 is 0 Å². The average Bonchev–Trinajstić information content (AvgIpc) is 2.72. The van der Waals surface area contributed by atoms with Crippen LogP contribution in [0, 0.1) is 6.92 Å². The van der Waals surface area contributed by atoms with Crippen LogP contribution in [0.1, 0.15) is 16.7 Å². The molecule has 5 heteroatoms. The van der Waals surface area contributed by atoms with Gasteiger partial charge in [-0.25, -0.2) is 0 Å². The third-order valence-corrected chi connectivity index (χ3v) is 2.51. The monoisotopic (exact) mass is 240 g/mol. The van der Waals surface area contributed by atoms with Gasteiger partial charge in [-0.1, -0.05) is 12.1 Å². The molecule has 0 radical (unpaired) electrons. The highest BCUT2D eigenvalue weighted by Gasteiger charge is 2.32. The van der Waals surface area contributed by atoms with Crippen LogP contribution in [-0.4, -0.2) is 9.78 Å². The van der Waals surface area contributed by atoms with Crippen molar-refractivity contribution in [3.05, 3.63) is 53.3 Å². The molecule has 2 nitrogen and oxygen atoms in total. The molecule has 2 rings (SSSR count). The van der Waals surface area contributed by atoms with E-state index < -0.39 is 11.7 Å². The highest BCUT2D eigenvalue weighted by molar-refractivity contribution is 5.33. The van der Waals surface area contributed by atoms with Gasteiger partial charge in [0.15, 0.2) is 0 Å². The first-order chi connectivity index (χ1) is 7.97. The van der Waals surface area contributed by atoms with Crippen molar-refractivity contribution in [3.63, 3.8) is 0 Å². The first kappa shape index (κ1) is 11.7. The molecule has 0 amide bonds. The van der Waals surface area contributed by atoms with Crippen molar-refractivity contribution in [1.82, 2.24) is 9.78 Å². The van der Waals surface area contributed by atoms with E-state index in [1.54, 1.807) is 29.2 Å². The molecule has 0 N–H and O–H groups in total. The number of halogens is 3. The van der Waals surface area contributed by atoms with Gasteiger partial charge in [-0.05, 0) is 30.2 Å². The minimum atomic E-state index is -4.30. The van der Waals surface area contributed by atoms with E-state index in [0.29, 0.717) is 12.1 Å². The van der Waals surface area contributed by atoms with Gasteiger partial charge in [0.2, 0.25) is 0 Å². The Kier molecular flexibility index (Phi) is 2.92. The van der Waals surface area contributed by atoms with Crippen LogP contribution in [0.25, 0.3) is 0 Å². The summed E-state index contributed by atoms with van der Waals surface area (Å²) in [6, 6.07) is 6.09. The first-order valence-corrected chi connectivity index (χ1v) is 5.11. The van der Waals surface area contributed by atoms with Gasteiger partial charge in [0, 0.05) is 12.4 Å². The summed E-state index contributed by atoms with van der Waals surface area (Å²) in [4.78, 5) is 0. The fourth-order valence-corrected chi connectivity index (χ4v) is 1.65. The predicted octanol–water partition coefficient (Wildman–Crippen LogP) is 3.26. The number of hydrogen-bond acceptors (Lipinski definition) is 1. The minimum absolute atomic E-state index is 0.238. The highest BCUT2D eigenvalue weighted by Crippen LogP contribution is 2.32. The summed E-state index contributed by atoms with van der Waals surface area (Å²) in [5.74, 6) is 0. The number of hydrogen-bond donors (Lipinski definition) is 0. The van der Waals surface area contributed by atoms with Gasteiger partial charge >= 0.3 is 6.18 Å². The van der Waals surface area contributed by atoms with Crippen molar-refractivity contribution in [2.45, 2.75) is 19.6 Å². The molecule has 0 aliphatic carbocycles. The summed E-state index contributed by atoms with van der Waals surface area (Å²) >= 11 is 0. The fourth-order valence-electron chi connectivity index (χ4n) is 1.65. The van der Waals surface area contributed by atoms with Gasteiger partial charge in [-0.3, -0.25) is 4.68 Å². The van der Waals surface area contributed by atoms with Crippen molar-refractivity contribution in [3.8, 4) is 0 Å². The van der Waals surface area contributed by atoms with Crippen LogP contribution >= 0.6 is 0 Å². The quantitative estimate of drug-likeness (QED) is 0.787. The number of benzene rings is 1. The number of rotatable bonds is 2. The Labute approximate surface area is 96.7 Å². The van der Waals surface area contributed by atoms with Crippen molar-refractivity contribution in [1.29, 1.82) is 0 Å². The number of aryl methyl sites for hydroxylation is 1. The van der Waals surface area contributed by atoms with Gasteiger partial charge in [0.1, 0.15) is 0 Å². The summed E-state index contributed by atoms with van der Waals surface area (Å²) in [7, 11) is 0. The standard InChI is InChI=1S/C12H11F3N2/c1-9-3-4-10(7-11(9)12(13,14)15)8-17-6-2-5-16-17/h2-7H,8H2,1H3. The van der Waals surface area contributed by atoms with E-state index >= 15 is 0 Å². The van der Waals surface area contributed by atoms with Gasteiger partial charge in [-0.2, -0.15) is 18.3 Å². The van der Waals surface area contributed by atoms with Gasteiger partial charge in [-0.15, -0.1) is 0 Å². The maximum atomic E-state index is 12.7. The largest absolute Gasteiger partial charge is 0.416 e. The van der Waals surface area contributed by atoms with Crippen molar-refractivity contribution < 1.29 is 13.2 Å². The van der Waals surface area contributed by atoms with Crippen LogP contribution in [0.2, 0.25) is 0 Å². The van der Waals surface area contributed by atoms with Gasteiger partial charge in [0.25, 0.3) is 0 Å². The molecule has 1 aromatic heterocycles. The zero-order valence-corrected chi connectivity index (χ0v) is 9.20.